The van der Waals surface area contributed by atoms with Gasteiger partial charge in [0, 0.05) is 40.7 Å². The molecule has 0 spiro atoms. The lowest BCUT2D eigenvalue weighted by Gasteiger charge is -2.27. The monoisotopic (exact) mass is 820 g/mol. The quantitative estimate of drug-likeness (QED) is 0.0570. The number of hydrogen-bond acceptors (Lipinski definition) is 8. The van der Waals surface area contributed by atoms with Gasteiger partial charge in [0.25, 0.3) is 11.8 Å². The molecule has 2 heterocycles. The first-order valence-corrected chi connectivity index (χ1v) is 21.1. The van der Waals surface area contributed by atoms with Crippen molar-refractivity contribution < 1.29 is 23.9 Å². The van der Waals surface area contributed by atoms with Gasteiger partial charge in [-0.2, -0.15) is 0 Å². The third-order valence-corrected chi connectivity index (χ3v) is 12.0. The number of esters is 1. The molecule has 7 rings (SSSR count). The van der Waals surface area contributed by atoms with Crippen LogP contribution < -0.4 is 16.0 Å². The molecule has 298 valence electrons. The van der Waals surface area contributed by atoms with Crippen LogP contribution in [0.1, 0.15) is 56.1 Å². The zero-order chi connectivity index (χ0) is 41.1. The van der Waals surface area contributed by atoms with E-state index in [1.807, 2.05) is 84.9 Å². The zero-order valence-electron chi connectivity index (χ0n) is 32.8. The predicted molar refractivity (Wildman–Crippen MR) is 237 cm³/mol. The first kappa shape index (κ1) is 40.9. The summed E-state index contributed by atoms with van der Waals surface area (Å²) in [6.45, 7) is 6.06. The Morgan fingerprint density at radius 1 is 0.814 bits per heavy atom. The van der Waals surface area contributed by atoms with E-state index in [9.17, 15) is 19.2 Å². The SMILES string of the molecule is CCOC(=O)c1c(NC(=O)C(C)Sc2cccc(NC(=O)/C(=C\c3ccc(-c4ccccc4)cc3)NC(=O)c3ccccc3)c2)sc2c1CCN(Cc1ccccc1)C2. The van der Waals surface area contributed by atoms with E-state index in [2.05, 4.69) is 33.0 Å². The summed E-state index contributed by atoms with van der Waals surface area (Å²) >= 11 is 2.75. The second-order valence-electron chi connectivity index (χ2n) is 14.0. The van der Waals surface area contributed by atoms with Crippen molar-refractivity contribution in [1.29, 1.82) is 0 Å². The largest absolute Gasteiger partial charge is 0.462 e. The van der Waals surface area contributed by atoms with Gasteiger partial charge in [-0.05, 0) is 84.5 Å². The van der Waals surface area contributed by atoms with Crippen molar-refractivity contribution in [3.63, 3.8) is 0 Å². The van der Waals surface area contributed by atoms with E-state index in [4.69, 9.17) is 4.74 Å². The van der Waals surface area contributed by atoms with E-state index in [1.54, 1.807) is 62.4 Å². The summed E-state index contributed by atoms with van der Waals surface area (Å²) in [6.07, 6.45) is 2.32. The average Bonchev–Trinajstić information content (AvgIpc) is 3.61. The maximum Gasteiger partial charge on any atom is 0.341 e. The molecule has 9 nitrogen and oxygen atoms in total. The normalized spacial score (nSPS) is 13.2. The number of thioether (sulfide) groups is 1. The summed E-state index contributed by atoms with van der Waals surface area (Å²) in [4.78, 5) is 58.2. The Morgan fingerprint density at radius 2 is 1.49 bits per heavy atom. The molecule has 3 amide bonds. The van der Waals surface area contributed by atoms with Crippen molar-refractivity contribution in [2.24, 2.45) is 0 Å². The maximum absolute atomic E-state index is 13.8. The van der Waals surface area contributed by atoms with Gasteiger partial charge in [0.1, 0.15) is 10.7 Å². The summed E-state index contributed by atoms with van der Waals surface area (Å²) in [5.74, 6) is -1.62. The van der Waals surface area contributed by atoms with Gasteiger partial charge in [-0.15, -0.1) is 23.1 Å². The Hall–Kier alpha value is -6.27. The van der Waals surface area contributed by atoms with E-state index in [-0.39, 0.29) is 18.2 Å². The fourth-order valence-electron chi connectivity index (χ4n) is 6.77. The molecule has 1 atom stereocenters. The van der Waals surface area contributed by atoms with E-state index in [0.29, 0.717) is 34.8 Å². The molecule has 1 aliphatic heterocycles. The van der Waals surface area contributed by atoms with Crippen LogP contribution >= 0.6 is 23.1 Å². The summed E-state index contributed by atoms with van der Waals surface area (Å²) in [5.41, 5.74) is 6.40. The van der Waals surface area contributed by atoms with Gasteiger partial charge in [-0.25, -0.2) is 4.79 Å². The number of nitrogens with one attached hydrogen (secondary N) is 3. The van der Waals surface area contributed by atoms with Crippen molar-refractivity contribution in [2.75, 3.05) is 23.8 Å². The minimum Gasteiger partial charge on any atom is -0.462 e. The molecule has 1 aliphatic rings. The Bertz CT molecular complexity index is 2450. The fraction of sp³-hybridized carbons (Fsp3) is 0.167. The number of ether oxygens (including phenoxy) is 1. The molecule has 0 saturated heterocycles. The number of benzene rings is 5. The van der Waals surface area contributed by atoms with Crippen molar-refractivity contribution >= 4 is 63.6 Å². The number of anilines is 2. The molecule has 0 radical (unpaired) electrons. The lowest BCUT2D eigenvalue weighted by Crippen LogP contribution is -2.30. The Labute approximate surface area is 352 Å². The molecule has 0 aliphatic carbocycles. The third-order valence-electron chi connectivity index (χ3n) is 9.73. The van der Waals surface area contributed by atoms with E-state index < -0.39 is 23.0 Å². The molecule has 0 fully saturated rings. The second kappa shape index (κ2) is 19.5. The number of carbonyl (C=O) groups is 4. The van der Waals surface area contributed by atoms with Gasteiger partial charge in [0.15, 0.2) is 0 Å². The standard InChI is InChI=1S/C48H44N4O5S2/c1-3-57-48(56)43-40-26-27-52(30-34-14-7-4-8-15-34)31-42(40)59-47(43)51-44(53)32(2)58-39-21-13-20-38(29-39)49-46(55)41(50-45(54)37-18-11-6-12-19-37)28-33-22-24-36(25-23-33)35-16-9-5-10-17-35/h4-25,28-29,32H,3,26-27,30-31H2,1-2H3,(H,49,55)(H,50,54)(H,51,53)/b41-28+. The number of rotatable bonds is 14. The summed E-state index contributed by atoms with van der Waals surface area (Å²) in [7, 11) is 0. The average molecular weight is 821 g/mol. The molecule has 0 saturated carbocycles. The fourth-order valence-corrected chi connectivity index (χ4v) is 8.98. The highest BCUT2D eigenvalue weighted by Crippen LogP contribution is 2.39. The number of nitrogens with zero attached hydrogens (tertiary/aromatic N) is 1. The Kier molecular flexibility index (Phi) is 13.5. The van der Waals surface area contributed by atoms with Crippen LogP contribution in [0.4, 0.5) is 10.7 Å². The summed E-state index contributed by atoms with van der Waals surface area (Å²) in [5, 5.41) is 8.72. The van der Waals surface area contributed by atoms with Crippen LogP contribution in [0.3, 0.4) is 0 Å². The minimum atomic E-state index is -0.552. The molecular formula is C48H44N4O5S2. The summed E-state index contributed by atoms with van der Waals surface area (Å²) < 4.78 is 5.45. The minimum absolute atomic E-state index is 0.0661. The number of thiophene rings is 1. The van der Waals surface area contributed by atoms with Gasteiger partial charge < -0.3 is 20.7 Å². The van der Waals surface area contributed by atoms with Gasteiger partial charge >= 0.3 is 5.97 Å². The van der Waals surface area contributed by atoms with E-state index >= 15 is 0 Å². The van der Waals surface area contributed by atoms with Crippen molar-refractivity contribution in [3.05, 3.63) is 178 Å². The first-order chi connectivity index (χ1) is 28.7. The smallest absolute Gasteiger partial charge is 0.341 e. The van der Waals surface area contributed by atoms with Crippen LogP contribution in [0.15, 0.2) is 150 Å². The molecule has 5 aromatic carbocycles. The number of fused-ring (bicyclic) bond motifs is 1. The Morgan fingerprint density at radius 3 is 2.20 bits per heavy atom. The van der Waals surface area contributed by atoms with Crippen LogP contribution in [0.25, 0.3) is 17.2 Å². The van der Waals surface area contributed by atoms with Gasteiger partial charge in [0.2, 0.25) is 5.91 Å². The highest BCUT2D eigenvalue weighted by Gasteiger charge is 2.30. The number of amides is 3. The van der Waals surface area contributed by atoms with Gasteiger partial charge in [0.05, 0.1) is 17.4 Å². The molecule has 11 heteroatoms. The molecule has 0 bridgehead atoms. The van der Waals surface area contributed by atoms with Crippen molar-refractivity contribution in [3.8, 4) is 11.1 Å². The number of carbonyl (C=O) groups excluding carboxylic acids is 4. The topological polar surface area (TPSA) is 117 Å². The molecule has 6 aromatic rings. The first-order valence-electron chi connectivity index (χ1n) is 19.4. The zero-order valence-corrected chi connectivity index (χ0v) is 34.4. The van der Waals surface area contributed by atoms with Crippen molar-refractivity contribution in [2.45, 2.75) is 43.5 Å². The lowest BCUT2D eigenvalue weighted by atomic mass is 10.0. The highest BCUT2D eigenvalue weighted by atomic mass is 32.2. The molecule has 1 aromatic heterocycles. The lowest BCUT2D eigenvalue weighted by molar-refractivity contribution is -0.115. The highest BCUT2D eigenvalue weighted by molar-refractivity contribution is 8.00. The number of hydrogen-bond donors (Lipinski definition) is 3. The van der Waals surface area contributed by atoms with Crippen LogP contribution in [-0.4, -0.2) is 47.0 Å². The third kappa shape index (κ3) is 10.6. The summed E-state index contributed by atoms with van der Waals surface area (Å²) in [6, 6.07) is 43.9. The molecule has 3 N–H and O–H groups in total. The van der Waals surface area contributed by atoms with E-state index in [0.717, 1.165) is 45.1 Å². The molecule has 59 heavy (non-hydrogen) atoms. The van der Waals surface area contributed by atoms with Crippen LogP contribution in [0.5, 0.6) is 0 Å². The predicted octanol–water partition coefficient (Wildman–Crippen LogP) is 9.68. The molecule has 1 unspecified atom stereocenters. The van der Waals surface area contributed by atoms with Crippen LogP contribution in [-0.2, 0) is 33.8 Å². The maximum atomic E-state index is 13.8. The second-order valence-corrected chi connectivity index (χ2v) is 16.5. The van der Waals surface area contributed by atoms with Crippen molar-refractivity contribution in [1.82, 2.24) is 10.2 Å². The van der Waals surface area contributed by atoms with Crippen LogP contribution in [0.2, 0.25) is 0 Å². The molecular weight excluding hydrogens is 777 g/mol. The van der Waals surface area contributed by atoms with Gasteiger partial charge in [-0.3, -0.25) is 19.3 Å². The van der Waals surface area contributed by atoms with E-state index in [1.165, 1.54) is 28.7 Å². The van der Waals surface area contributed by atoms with Gasteiger partial charge in [-0.1, -0.05) is 109 Å². The van der Waals surface area contributed by atoms with Crippen LogP contribution in [0, 0.1) is 0 Å². The Balaban J connectivity index is 1.04.